The molecular formula is C19H26ClFN2O. The number of nitrogens with zero attached hydrogens (tertiary/aromatic N) is 1. The largest absolute Gasteiger partial charge is 0.353 e. The minimum absolute atomic E-state index is 0.206. The molecule has 0 unspecified atom stereocenters. The maximum atomic E-state index is 13.9. The van der Waals surface area contributed by atoms with E-state index < -0.39 is 0 Å². The van der Waals surface area contributed by atoms with Crippen molar-refractivity contribution in [3.05, 3.63) is 34.6 Å². The lowest BCUT2D eigenvalue weighted by atomic mass is 10.0. The number of carbonyl (C=O) groups excluding carboxylic acids is 1. The third-order valence-electron chi connectivity index (χ3n) is 5.34. The number of benzene rings is 1. The smallest absolute Gasteiger partial charge is 0.220 e. The van der Waals surface area contributed by atoms with Gasteiger partial charge in [0.25, 0.3) is 0 Å². The minimum atomic E-state index is -0.241. The predicted octanol–water partition coefficient (Wildman–Crippen LogP) is 4.14. The Kier molecular flexibility index (Phi) is 6.12. The topological polar surface area (TPSA) is 32.3 Å². The molecule has 1 aromatic rings. The van der Waals surface area contributed by atoms with Crippen molar-refractivity contribution in [2.24, 2.45) is 5.92 Å². The molecule has 1 aromatic carbocycles. The van der Waals surface area contributed by atoms with Crippen molar-refractivity contribution in [3.8, 4) is 0 Å². The maximum absolute atomic E-state index is 13.9. The number of carbonyl (C=O) groups is 1. The molecule has 0 aromatic heterocycles. The Hall–Kier alpha value is -1.13. The molecule has 3 rings (SSSR count). The summed E-state index contributed by atoms with van der Waals surface area (Å²) < 4.78 is 13.9. The Morgan fingerprint density at radius 2 is 1.92 bits per heavy atom. The van der Waals surface area contributed by atoms with Gasteiger partial charge in [0.2, 0.25) is 5.91 Å². The molecule has 1 heterocycles. The Morgan fingerprint density at radius 1 is 1.21 bits per heavy atom. The fraction of sp³-hybridized carbons (Fsp3) is 0.632. The van der Waals surface area contributed by atoms with Crippen molar-refractivity contribution in [3.63, 3.8) is 0 Å². The minimum Gasteiger partial charge on any atom is -0.353 e. The fourth-order valence-corrected chi connectivity index (χ4v) is 4.13. The van der Waals surface area contributed by atoms with E-state index in [9.17, 15) is 9.18 Å². The summed E-state index contributed by atoms with van der Waals surface area (Å²) in [6, 6.07) is 5.08. The molecule has 2 aliphatic rings. The summed E-state index contributed by atoms with van der Waals surface area (Å²) in [7, 11) is 0. The number of likely N-dealkylation sites (tertiary alicyclic amines) is 1. The Bertz CT molecular complexity index is 546. The lowest BCUT2D eigenvalue weighted by Gasteiger charge is -2.32. The van der Waals surface area contributed by atoms with Crippen LogP contribution in [0, 0.1) is 11.7 Å². The first-order valence-electron chi connectivity index (χ1n) is 9.06. The van der Waals surface area contributed by atoms with Crippen LogP contribution in [-0.4, -0.2) is 29.9 Å². The van der Waals surface area contributed by atoms with Gasteiger partial charge in [-0.3, -0.25) is 9.69 Å². The standard InChI is InChI=1S/C19H26ClFN2O/c20-17-6-3-7-18(21)16(17)13-23-10-8-15(9-11-23)22-19(24)12-14-4-1-2-5-14/h3,6-7,14-15H,1-2,4-5,8-13H2,(H,22,24). The van der Waals surface area contributed by atoms with Gasteiger partial charge in [0.05, 0.1) is 0 Å². The molecule has 1 aliphatic carbocycles. The zero-order valence-electron chi connectivity index (χ0n) is 14.1. The first-order chi connectivity index (χ1) is 11.6. The van der Waals surface area contributed by atoms with Gasteiger partial charge in [-0.25, -0.2) is 4.39 Å². The third-order valence-corrected chi connectivity index (χ3v) is 5.70. The Balaban J connectivity index is 1.43. The number of amides is 1. The SMILES string of the molecule is O=C(CC1CCCC1)NC1CCN(Cc2c(F)cccc2Cl)CC1. The van der Waals surface area contributed by atoms with E-state index in [1.807, 2.05) is 0 Å². The summed E-state index contributed by atoms with van der Waals surface area (Å²) in [5, 5.41) is 3.68. The van der Waals surface area contributed by atoms with Gasteiger partial charge < -0.3 is 5.32 Å². The molecule has 132 valence electrons. The second-order valence-electron chi connectivity index (χ2n) is 7.17. The highest BCUT2D eigenvalue weighted by Gasteiger charge is 2.24. The van der Waals surface area contributed by atoms with Crippen LogP contribution in [-0.2, 0) is 11.3 Å². The zero-order chi connectivity index (χ0) is 16.9. The van der Waals surface area contributed by atoms with Crippen LogP contribution >= 0.6 is 11.6 Å². The molecule has 5 heteroatoms. The predicted molar refractivity (Wildman–Crippen MR) is 94.4 cm³/mol. The van der Waals surface area contributed by atoms with E-state index in [2.05, 4.69) is 10.2 Å². The second kappa shape index (κ2) is 8.30. The van der Waals surface area contributed by atoms with E-state index in [4.69, 9.17) is 11.6 Å². The number of piperidine rings is 1. The summed E-state index contributed by atoms with van der Waals surface area (Å²) in [5.74, 6) is 0.556. The van der Waals surface area contributed by atoms with Crippen LogP contribution in [0.2, 0.25) is 5.02 Å². The van der Waals surface area contributed by atoms with Gasteiger partial charge in [0.15, 0.2) is 0 Å². The summed E-state index contributed by atoms with van der Waals surface area (Å²) in [6.07, 6.45) is 7.48. The summed E-state index contributed by atoms with van der Waals surface area (Å²) >= 11 is 6.10. The molecule has 0 bridgehead atoms. The van der Waals surface area contributed by atoms with Gasteiger partial charge in [-0.15, -0.1) is 0 Å². The average Bonchev–Trinajstić information content (AvgIpc) is 3.05. The average molecular weight is 353 g/mol. The van der Waals surface area contributed by atoms with Crippen LogP contribution in [0.15, 0.2) is 18.2 Å². The van der Waals surface area contributed by atoms with E-state index >= 15 is 0 Å². The van der Waals surface area contributed by atoms with Crippen molar-refractivity contribution in [1.29, 1.82) is 0 Å². The molecule has 2 fully saturated rings. The number of rotatable bonds is 5. The van der Waals surface area contributed by atoms with Gasteiger partial charge in [-0.1, -0.05) is 30.5 Å². The number of hydrogen-bond donors (Lipinski definition) is 1. The van der Waals surface area contributed by atoms with Crippen molar-refractivity contribution in [2.45, 2.75) is 57.5 Å². The lowest BCUT2D eigenvalue weighted by molar-refractivity contribution is -0.123. The van der Waals surface area contributed by atoms with Gasteiger partial charge >= 0.3 is 0 Å². The molecule has 1 saturated heterocycles. The van der Waals surface area contributed by atoms with Gasteiger partial charge in [0, 0.05) is 42.7 Å². The molecule has 3 nitrogen and oxygen atoms in total. The lowest BCUT2D eigenvalue weighted by Crippen LogP contribution is -2.44. The molecule has 24 heavy (non-hydrogen) atoms. The quantitative estimate of drug-likeness (QED) is 0.863. The van der Waals surface area contributed by atoms with Crippen LogP contribution in [0.3, 0.4) is 0 Å². The Morgan fingerprint density at radius 3 is 2.58 bits per heavy atom. The number of nitrogens with one attached hydrogen (secondary N) is 1. The van der Waals surface area contributed by atoms with Gasteiger partial charge in [-0.2, -0.15) is 0 Å². The summed E-state index contributed by atoms with van der Waals surface area (Å²) in [6.45, 7) is 2.26. The molecule has 1 aliphatic heterocycles. The van der Waals surface area contributed by atoms with E-state index in [0.717, 1.165) is 25.9 Å². The van der Waals surface area contributed by atoms with Crippen LogP contribution in [0.1, 0.15) is 50.5 Å². The van der Waals surface area contributed by atoms with Crippen LogP contribution < -0.4 is 5.32 Å². The molecular weight excluding hydrogens is 327 g/mol. The molecule has 0 spiro atoms. The van der Waals surface area contributed by atoms with Crippen molar-refractivity contribution in [1.82, 2.24) is 10.2 Å². The van der Waals surface area contributed by atoms with Gasteiger partial charge in [0.1, 0.15) is 5.82 Å². The molecule has 0 atom stereocenters. The molecule has 1 N–H and O–H groups in total. The van der Waals surface area contributed by atoms with Gasteiger partial charge in [-0.05, 0) is 43.7 Å². The second-order valence-corrected chi connectivity index (χ2v) is 7.58. The highest BCUT2D eigenvalue weighted by molar-refractivity contribution is 6.31. The highest BCUT2D eigenvalue weighted by Crippen LogP contribution is 2.27. The van der Waals surface area contributed by atoms with E-state index in [-0.39, 0.29) is 17.8 Å². The fourth-order valence-electron chi connectivity index (χ4n) is 3.91. The number of halogens is 2. The Labute approximate surface area is 148 Å². The van der Waals surface area contributed by atoms with Crippen molar-refractivity contribution >= 4 is 17.5 Å². The molecule has 1 saturated carbocycles. The summed E-state index contributed by atoms with van der Waals surface area (Å²) in [4.78, 5) is 14.3. The van der Waals surface area contributed by atoms with Crippen LogP contribution in [0.5, 0.6) is 0 Å². The monoisotopic (exact) mass is 352 g/mol. The molecule has 1 amide bonds. The first-order valence-corrected chi connectivity index (χ1v) is 9.44. The van der Waals surface area contributed by atoms with Crippen molar-refractivity contribution < 1.29 is 9.18 Å². The molecule has 0 radical (unpaired) electrons. The highest BCUT2D eigenvalue weighted by atomic mass is 35.5. The van der Waals surface area contributed by atoms with E-state index in [1.54, 1.807) is 12.1 Å². The maximum Gasteiger partial charge on any atom is 0.220 e. The number of hydrogen-bond acceptors (Lipinski definition) is 2. The van der Waals surface area contributed by atoms with Crippen LogP contribution in [0.4, 0.5) is 4.39 Å². The normalized spacial score (nSPS) is 20.4. The summed E-state index contributed by atoms with van der Waals surface area (Å²) in [5.41, 5.74) is 0.572. The van der Waals surface area contributed by atoms with E-state index in [1.165, 1.54) is 31.7 Å². The van der Waals surface area contributed by atoms with E-state index in [0.29, 0.717) is 29.5 Å². The first kappa shape index (κ1) is 17.7. The zero-order valence-corrected chi connectivity index (χ0v) is 14.8. The van der Waals surface area contributed by atoms with Crippen molar-refractivity contribution in [2.75, 3.05) is 13.1 Å². The van der Waals surface area contributed by atoms with Crippen LogP contribution in [0.25, 0.3) is 0 Å². The third kappa shape index (κ3) is 4.70.